The minimum Gasteiger partial charge on any atom is -0.423 e. The molecule has 1 rings (SSSR count). The van der Waals surface area contributed by atoms with Crippen molar-refractivity contribution in [3.8, 4) is 0 Å². The molecular weight excluding hydrogens is 208 g/mol. The maximum atomic E-state index is 11.1. The number of carbonyl (C=O) groups excluding carboxylic acids is 2. The lowest BCUT2D eigenvalue weighted by atomic mass is 9.83. The molecule has 4 nitrogen and oxygen atoms in total. The Hall–Kier alpha value is -1.06. The Kier molecular flexibility index (Phi) is 4.33. The Balaban J connectivity index is 2.74. The third-order valence-corrected chi connectivity index (χ3v) is 3.04. The van der Waals surface area contributed by atoms with Crippen LogP contribution in [0.1, 0.15) is 52.9 Å². The zero-order chi connectivity index (χ0) is 12.2. The van der Waals surface area contributed by atoms with E-state index in [9.17, 15) is 9.59 Å². The van der Waals surface area contributed by atoms with Gasteiger partial charge < -0.3 is 9.47 Å². The molecule has 0 aromatic heterocycles. The van der Waals surface area contributed by atoms with Gasteiger partial charge in [0.25, 0.3) is 5.79 Å². The van der Waals surface area contributed by atoms with Gasteiger partial charge in [-0.1, -0.05) is 19.3 Å². The van der Waals surface area contributed by atoms with Crippen molar-refractivity contribution in [1.82, 2.24) is 0 Å². The summed E-state index contributed by atoms with van der Waals surface area (Å²) < 4.78 is 10.4. The van der Waals surface area contributed by atoms with E-state index in [0.717, 1.165) is 25.7 Å². The van der Waals surface area contributed by atoms with Gasteiger partial charge in [0.2, 0.25) is 0 Å². The molecule has 0 heterocycles. The van der Waals surface area contributed by atoms with Gasteiger partial charge >= 0.3 is 11.9 Å². The summed E-state index contributed by atoms with van der Waals surface area (Å²) in [5.41, 5.74) is 0. The van der Waals surface area contributed by atoms with E-state index in [4.69, 9.17) is 9.47 Å². The minimum atomic E-state index is -1.09. The molecule has 1 aliphatic rings. The van der Waals surface area contributed by atoms with Crippen molar-refractivity contribution in [3.05, 3.63) is 0 Å². The quantitative estimate of drug-likeness (QED) is 0.550. The van der Waals surface area contributed by atoms with Crippen molar-refractivity contribution in [2.45, 2.75) is 58.7 Å². The summed E-state index contributed by atoms with van der Waals surface area (Å²) >= 11 is 0. The number of hydrogen-bond donors (Lipinski definition) is 0. The molecule has 1 aliphatic carbocycles. The summed E-state index contributed by atoms with van der Waals surface area (Å²) in [6.45, 7) is 4.36. The summed E-state index contributed by atoms with van der Waals surface area (Å²) in [6.07, 6.45) is 5.28. The summed E-state index contributed by atoms with van der Waals surface area (Å²) in [6, 6.07) is 0. The van der Waals surface area contributed by atoms with Crippen molar-refractivity contribution in [3.63, 3.8) is 0 Å². The highest BCUT2D eigenvalue weighted by atomic mass is 16.7. The molecule has 4 heteroatoms. The molecule has 0 spiro atoms. The summed E-state index contributed by atoms with van der Waals surface area (Å²) in [4.78, 5) is 22.1. The molecule has 92 valence electrons. The standard InChI is InChI=1S/C12H20O4/c1-9(13)15-12(3,16-10(2)14)11-7-5-4-6-8-11/h11H,4-8H2,1-3H3. The Morgan fingerprint density at radius 3 is 1.81 bits per heavy atom. The molecule has 0 radical (unpaired) electrons. The predicted molar refractivity (Wildman–Crippen MR) is 58.5 cm³/mol. The largest absolute Gasteiger partial charge is 0.423 e. The Labute approximate surface area is 96.3 Å². The van der Waals surface area contributed by atoms with E-state index in [2.05, 4.69) is 0 Å². The average Bonchev–Trinajstić information content (AvgIpc) is 2.16. The third kappa shape index (κ3) is 3.51. The molecule has 0 N–H and O–H groups in total. The van der Waals surface area contributed by atoms with Crippen LogP contribution in [0.2, 0.25) is 0 Å². The van der Waals surface area contributed by atoms with E-state index < -0.39 is 17.7 Å². The molecular formula is C12H20O4. The second-order valence-corrected chi connectivity index (χ2v) is 4.54. The van der Waals surface area contributed by atoms with Crippen LogP contribution in [-0.4, -0.2) is 17.7 Å². The van der Waals surface area contributed by atoms with Gasteiger partial charge in [-0.05, 0) is 12.8 Å². The van der Waals surface area contributed by atoms with Crippen LogP contribution in [0.5, 0.6) is 0 Å². The van der Waals surface area contributed by atoms with E-state index in [0.29, 0.717) is 0 Å². The van der Waals surface area contributed by atoms with Crippen molar-refractivity contribution < 1.29 is 19.1 Å². The maximum absolute atomic E-state index is 11.1. The molecule has 1 saturated carbocycles. The highest BCUT2D eigenvalue weighted by Gasteiger charge is 2.41. The van der Waals surface area contributed by atoms with Crippen LogP contribution in [0, 0.1) is 5.92 Å². The van der Waals surface area contributed by atoms with Crippen molar-refractivity contribution in [1.29, 1.82) is 0 Å². The van der Waals surface area contributed by atoms with E-state index in [1.165, 1.54) is 20.3 Å². The first kappa shape index (κ1) is 13.0. The first-order valence-corrected chi connectivity index (χ1v) is 5.83. The molecule has 0 unspecified atom stereocenters. The average molecular weight is 228 g/mol. The molecule has 0 amide bonds. The highest BCUT2D eigenvalue weighted by Crippen LogP contribution is 2.36. The first-order valence-electron chi connectivity index (χ1n) is 5.83. The van der Waals surface area contributed by atoms with Crippen molar-refractivity contribution >= 4 is 11.9 Å². The lowest BCUT2D eigenvalue weighted by molar-refractivity contribution is -0.241. The van der Waals surface area contributed by atoms with Crippen LogP contribution in [0.25, 0.3) is 0 Å². The third-order valence-electron chi connectivity index (χ3n) is 3.04. The van der Waals surface area contributed by atoms with Gasteiger partial charge in [-0.3, -0.25) is 9.59 Å². The first-order chi connectivity index (χ1) is 7.44. The number of carbonyl (C=O) groups is 2. The summed E-state index contributed by atoms with van der Waals surface area (Å²) in [5, 5.41) is 0. The topological polar surface area (TPSA) is 52.6 Å². The fourth-order valence-electron chi connectivity index (χ4n) is 2.39. The number of esters is 2. The fourth-order valence-corrected chi connectivity index (χ4v) is 2.39. The summed E-state index contributed by atoms with van der Waals surface area (Å²) in [7, 11) is 0. The molecule has 0 aliphatic heterocycles. The normalized spacial score (nSPS) is 17.9. The van der Waals surface area contributed by atoms with E-state index in [-0.39, 0.29) is 5.92 Å². The zero-order valence-electron chi connectivity index (χ0n) is 10.2. The molecule has 1 fully saturated rings. The molecule has 0 saturated heterocycles. The lowest BCUT2D eigenvalue weighted by Gasteiger charge is -2.37. The van der Waals surface area contributed by atoms with E-state index in [1.807, 2.05) is 0 Å². The van der Waals surface area contributed by atoms with Crippen LogP contribution in [0.15, 0.2) is 0 Å². The second-order valence-electron chi connectivity index (χ2n) is 4.54. The molecule has 0 bridgehead atoms. The minimum absolute atomic E-state index is 0.119. The number of rotatable bonds is 3. The van der Waals surface area contributed by atoms with Gasteiger partial charge in [-0.2, -0.15) is 0 Å². The number of ether oxygens (including phenoxy) is 2. The molecule has 16 heavy (non-hydrogen) atoms. The predicted octanol–water partition coefficient (Wildman–Crippen LogP) is 2.41. The van der Waals surface area contributed by atoms with Crippen LogP contribution in [0.4, 0.5) is 0 Å². The van der Waals surface area contributed by atoms with Gasteiger partial charge in [0.05, 0.1) is 0 Å². The molecule has 0 atom stereocenters. The van der Waals surface area contributed by atoms with Crippen molar-refractivity contribution in [2.75, 3.05) is 0 Å². The molecule has 0 aromatic carbocycles. The van der Waals surface area contributed by atoms with Crippen molar-refractivity contribution in [2.24, 2.45) is 5.92 Å². The highest BCUT2D eigenvalue weighted by molar-refractivity contribution is 5.68. The van der Waals surface area contributed by atoms with Crippen LogP contribution in [0.3, 0.4) is 0 Å². The van der Waals surface area contributed by atoms with Gasteiger partial charge in [-0.25, -0.2) is 0 Å². The van der Waals surface area contributed by atoms with Gasteiger partial charge in [0, 0.05) is 26.7 Å². The van der Waals surface area contributed by atoms with Gasteiger partial charge in [0.1, 0.15) is 0 Å². The SMILES string of the molecule is CC(=O)OC(C)(OC(C)=O)C1CCCCC1. The van der Waals surface area contributed by atoms with E-state index in [1.54, 1.807) is 6.92 Å². The lowest BCUT2D eigenvalue weighted by Crippen LogP contribution is -2.44. The van der Waals surface area contributed by atoms with Crippen LogP contribution < -0.4 is 0 Å². The Morgan fingerprint density at radius 2 is 1.44 bits per heavy atom. The smallest absolute Gasteiger partial charge is 0.305 e. The fraction of sp³-hybridized carbons (Fsp3) is 0.833. The number of hydrogen-bond acceptors (Lipinski definition) is 4. The monoisotopic (exact) mass is 228 g/mol. The Morgan fingerprint density at radius 1 is 1.00 bits per heavy atom. The second kappa shape index (κ2) is 5.32. The maximum Gasteiger partial charge on any atom is 0.305 e. The van der Waals surface area contributed by atoms with Gasteiger partial charge in [-0.15, -0.1) is 0 Å². The van der Waals surface area contributed by atoms with E-state index >= 15 is 0 Å². The van der Waals surface area contributed by atoms with Crippen LogP contribution in [-0.2, 0) is 19.1 Å². The molecule has 0 aromatic rings. The van der Waals surface area contributed by atoms with Gasteiger partial charge in [0.15, 0.2) is 0 Å². The summed E-state index contributed by atoms with van der Waals surface area (Å²) in [5.74, 6) is -1.78. The zero-order valence-corrected chi connectivity index (χ0v) is 10.2. The van der Waals surface area contributed by atoms with Crippen LogP contribution >= 0.6 is 0 Å². The Bertz CT molecular complexity index is 250.